The number of ketones is 2. The summed E-state index contributed by atoms with van der Waals surface area (Å²) in [6.45, 7) is 3.06. The SMILES string of the molecule is CCCCNC(=O)OCc1cn(C2CC(NCC(=O)c3cc(-c4ccccc4)on3)C2)nn1.O=C(CNC1CC(n2cc(CO)nn2)C1)c1cc(-c2ccccc2)on1. The maximum Gasteiger partial charge on any atom is 0.407 e. The summed E-state index contributed by atoms with van der Waals surface area (Å²) in [7, 11) is 0. The lowest BCUT2D eigenvalue weighted by Gasteiger charge is -2.35. The van der Waals surface area contributed by atoms with Crippen LogP contribution in [0.15, 0.2) is 94.2 Å². The lowest BCUT2D eigenvalue weighted by Crippen LogP contribution is -2.44. The minimum absolute atomic E-state index is 0.0868. The molecule has 2 fully saturated rings. The monoisotopic (exact) mass is 805 g/mol. The summed E-state index contributed by atoms with van der Waals surface area (Å²) in [5.41, 5.74) is 3.59. The van der Waals surface area contributed by atoms with E-state index in [9.17, 15) is 14.4 Å². The van der Waals surface area contributed by atoms with Crippen molar-refractivity contribution < 1.29 is 33.3 Å². The molecule has 0 saturated heterocycles. The van der Waals surface area contributed by atoms with Gasteiger partial charge in [0.05, 0.1) is 44.2 Å². The van der Waals surface area contributed by atoms with E-state index in [0.29, 0.717) is 40.8 Å². The first kappa shape index (κ1) is 40.8. The number of alkyl carbamates (subject to hydrolysis) is 1. The maximum absolute atomic E-state index is 12.4. The van der Waals surface area contributed by atoms with Crippen molar-refractivity contribution in [3.8, 4) is 22.6 Å². The Morgan fingerprint density at radius 3 is 1.71 bits per heavy atom. The fourth-order valence-corrected chi connectivity index (χ4v) is 6.57. The second kappa shape index (κ2) is 19.9. The van der Waals surface area contributed by atoms with E-state index >= 15 is 0 Å². The van der Waals surface area contributed by atoms with Crippen LogP contribution in [-0.4, -0.2) is 94.8 Å². The predicted molar refractivity (Wildman–Crippen MR) is 212 cm³/mol. The van der Waals surface area contributed by atoms with Gasteiger partial charge in [-0.15, -0.1) is 10.2 Å². The summed E-state index contributed by atoms with van der Waals surface area (Å²) >= 11 is 0. The Morgan fingerprint density at radius 1 is 0.746 bits per heavy atom. The van der Waals surface area contributed by atoms with Gasteiger partial charge in [0.2, 0.25) is 0 Å². The highest BCUT2D eigenvalue weighted by molar-refractivity contribution is 5.97. The van der Waals surface area contributed by atoms with Crippen LogP contribution < -0.4 is 16.0 Å². The second-order valence-electron chi connectivity index (χ2n) is 14.5. The average Bonchev–Trinajstić information content (AvgIpc) is 4.08. The van der Waals surface area contributed by atoms with Gasteiger partial charge in [-0.05, 0) is 32.1 Å². The number of aliphatic hydroxyl groups is 1. The van der Waals surface area contributed by atoms with Gasteiger partial charge in [-0.1, -0.05) is 94.7 Å². The van der Waals surface area contributed by atoms with Gasteiger partial charge < -0.3 is 34.8 Å². The van der Waals surface area contributed by atoms with E-state index in [1.165, 1.54) is 0 Å². The van der Waals surface area contributed by atoms with Gasteiger partial charge in [-0.2, -0.15) is 0 Å². The summed E-state index contributed by atoms with van der Waals surface area (Å²) in [6.07, 6.45) is 8.45. The van der Waals surface area contributed by atoms with Gasteiger partial charge in [0.15, 0.2) is 34.5 Å². The standard InChI is InChI=1S/C23H28N6O4.C18H19N5O3/c1-2-3-9-24-23(31)32-15-18-14-29(28-26-18)19-10-17(11-19)25-13-21(30)20-12-22(33-27-20)16-7-5-4-6-8-16;24-11-14-10-23(22-20-14)15-6-13(7-15)19-9-17(25)16-8-18(26-21-16)12-4-2-1-3-5-12/h4-8,12,14,17,19,25H,2-3,9-11,13,15H2,1H3,(H,24,31);1-5,8,10,13,15,19,24H,6-7,9,11H2. The molecule has 0 atom stereocenters. The highest BCUT2D eigenvalue weighted by Crippen LogP contribution is 2.32. The average molecular weight is 806 g/mol. The second-order valence-corrected chi connectivity index (χ2v) is 14.5. The van der Waals surface area contributed by atoms with Crippen LogP contribution in [0.4, 0.5) is 4.79 Å². The summed E-state index contributed by atoms with van der Waals surface area (Å²) in [5.74, 6) is 0.958. The van der Waals surface area contributed by atoms with Crippen molar-refractivity contribution in [1.29, 1.82) is 0 Å². The van der Waals surface area contributed by atoms with Crippen molar-refractivity contribution in [1.82, 2.24) is 56.3 Å². The number of hydrogen-bond donors (Lipinski definition) is 4. The number of benzene rings is 2. The Labute approximate surface area is 339 Å². The summed E-state index contributed by atoms with van der Waals surface area (Å²) in [4.78, 5) is 36.3. The normalized spacial score (nSPS) is 18.2. The zero-order valence-electron chi connectivity index (χ0n) is 32.6. The number of nitrogens with zero attached hydrogens (tertiary/aromatic N) is 8. The van der Waals surface area contributed by atoms with Crippen LogP contribution in [0.2, 0.25) is 0 Å². The molecule has 0 unspecified atom stereocenters. The molecule has 8 rings (SSSR count). The van der Waals surface area contributed by atoms with Gasteiger partial charge in [0, 0.05) is 41.9 Å². The molecule has 4 aromatic heterocycles. The van der Waals surface area contributed by atoms with Crippen LogP contribution in [0.25, 0.3) is 22.6 Å². The summed E-state index contributed by atoms with van der Waals surface area (Å²) in [5, 5.41) is 42.1. The van der Waals surface area contributed by atoms with Crippen molar-refractivity contribution >= 4 is 17.7 Å². The van der Waals surface area contributed by atoms with Crippen LogP contribution in [0, 0.1) is 0 Å². The van der Waals surface area contributed by atoms with E-state index < -0.39 is 6.09 Å². The first-order chi connectivity index (χ1) is 28.8. The largest absolute Gasteiger partial charge is 0.443 e. The molecule has 0 aliphatic heterocycles. The number of hydrogen-bond acceptors (Lipinski definition) is 15. The van der Waals surface area contributed by atoms with E-state index in [4.69, 9.17) is 18.9 Å². The van der Waals surface area contributed by atoms with Crippen LogP contribution >= 0.6 is 0 Å². The predicted octanol–water partition coefficient (Wildman–Crippen LogP) is 4.74. The zero-order valence-corrected chi connectivity index (χ0v) is 32.6. The number of aromatic nitrogens is 8. The van der Waals surface area contributed by atoms with E-state index in [2.05, 4.69) is 53.8 Å². The number of amides is 1. The number of Topliss-reactive ketones (excluding diaryl/α,β-unsaturated/α-hetero) is 2. The molecule has 4 heterocycles. The van der Waals surface area contributed by atoms with Crippen molar-refractivity contribution in [2.75, 3.05) is 19.6 Å². The number of ether oxygens (including phenoxy) is 1. The van der Waals surface area contributed by atoms with Crippen LogP contribution in [-0.2, 0) is 18.0 Å². The molecule has 4 N–H and O–H groups in total. The van der Waals surface area contributed by atoms with Crippen molar-refractivity contribution in [2.24, 2.45) is 0 Å². The molecule has 6 aromatic rings. The molecule has 18 heteroatoms. The first-order valence-corrected chi connectivity index (χ1v) is 19.8. The number of aliphatic hydroxyl groups excluding tert-OH is 1. The van der Waals surface area contributed by atoms with Crippen LogP contribution in [0.5, 0.6) is 0 Å². The molecule has 0 spiro atoms. The smallest absolute Gasteiger partial charge is 0.407 e. The Kier molecular flexibility index (Phi) is 13.7. The van der Waals surface area contributed by atoms with Crippen molar-refractivity contribution in [2.45, 2.75) is 82.8 Å². The van der Waals surface area contributed by atoms with Gasteiger partial charge in [0.25, 0.3) is 0 Å². The van der Waals surface area contributed by atoms with Crippen molar-refractivity contribution in [3.63, 3.8) is 0 Å². The van der Waals surface area contributed by atoms with E-state index in [1.807, 2.05) is 60.7 Å². The highest BCUT2D eigenvalue weighted by Gasteiger charge is 2.33. The van der Waals surface area contributed by atoms with Gasteiger partial charge in [0.1, 0.15) is 18.0 Å². The Bertz CT molecular complexity index is 2260. The molecule has 18 nitrogen and oxygen atoms in total. The van der Waals surface area contributed by atoms with Gasteiger partial charge in [-0.25, -0.2) is 14.2 Å². The summed E-state index contributed by atoms with van der Waals surface area (Å²) < 4.78 is 19.3. The number of nitrogens with one attached hydrogen (secondary N) is 3. The third-order valence-corrected chi connectivity index (χ3v) is 10.2. The zero-order chi connectivity index (χ0) is 41.0. The highest BCUT2D eigenvalue weighted by atomic mass is 16.5. The fraction of sp³-hybridized carbons (Fsp3) is 0.390. The minimum Gasteiger partial charge on any atom is -0.443 e. The van der Waals surface area contributed by atoms with Crippen LogP contribution in [0.1, 0.15) is 89.9 Å². The van der Waals surface area contributed by atoms with E-state index in [-0.39, 0.29) is 62.0 Å². The molecule has 308 valence electrons. The summed E-state index contributed by atoms with van der Waals surface area (Å²) in [6, 6.07) is 23.4. The quantitative estimate of drug-likeness (QED) is 0.0679. The lowest BCUT2D eigenvalue weighted by atomic mass is 9.87. The third-order valence-electron chi connectivity index (χ3n) is 10.2. The van der Waals surface area contributed by atoms with Gasteiger partial charge >= 0.3 is 6.09 Å². The fourth-order valence-electron chi connectivity index (χ4n) is 6.57. The molecule has 1 amide bonds. The number of carbonyl (C=O) groups is 3. The molecule has 59 heavy (non-hydrogen) atoms. The molecule has 2 aromatic carbocycles. The number of carbonyl (C=O) groups excluding carboxylic acids is 3. The maximum atomic E-state index is 12.4. The molecule has 2 aliphatic rings. The Balaban J connectivity index is 0.000000184. The Hall–Kier alpha value is -6.37. The van der Waals surface area contributed by atoms with E-state index in [0.717, 1.165) is 49.7 Å². The molecular formula is C41H47N11O7. The topological polar surface area (TPSA) is 230 Å². The Morgan fingerprint density at radius 2 is 1.24 bits per heavy atom. The minimum atomic E-state index is -0.446. The molecule has 2 aliphatic carbocycles. The first-order valence-electron chi connectivity index (χ1n) is 19.8. The molecule has 0 radical (unpaired) electrons. The molecule has 2 saturated carbocycles. The molecular weight excluding hydrogens is 759 g/mol. The van der Waals surface area contributed by atoms with Crippen LogP contribution in [0.3, 0.4) is 0 Å². The number of rotatable bonds is 18. The lowest BCUT2D eigenvalue weighted by molar-refractivity contribution is 0.0957. The van der Waals surface area contributed by atoms with E-state index in [1.54, 1.807) is 33.9 Å². The third kappa shape index (κ3) is 11.0. The molecule has 0 bridgehead atoms. The number of unbranched alkanes of at least 4 members (excludes halogenated alkanes) is 1. The van der Waals surface area contributed by atoms with Crippen molar-refractivity contribution in [3.05, 3.63) is 108 Å². The van der Waals surface area contributed by atoms with Gasteiger partial charge in [-0.3, -0.25) is 9.59 Å².